The Morgan fingerprint density at radius 3 is 2.75 bits per heavy atom. The highest BCUT2D eigenvalue weighted by atomic mass is 16.6. The summed E-state index contributed by atoms with van der Waals surface area (Å²) in [7, 11) is 1.38. The van der Waals surface area contributed by atoms with Crippen molar-refractivity contribution in [1.29, 1.82) is 5.26 Å². The summed E-state index contributed by atoms with van der Waals surface area (Å²) in [5.74, 6) is 0.409. The van der Waals surface area contributed by atoms with Crippen LogP contribution in [-0.2, 0) is 9.53 Å². The third-order valence-electron chi connectivity index (χ3n) is 3.74. The summed E-state index contributed by atoms with van der Waals surface area (Å²) < 4.78 is 10.7. The Labute approximate surface area is 119 Å². The Balaban J connectivity index is 2.14. The van der Waals surface area contributed by atoms with Crippen molar-refractivity contribution in [1.82, 2.24) is 0 Å². The van der Waals surface area contributed by atoms with Gasteiger partial charge in [-0.25, -0.2) is 4.79 Å². The third kappa shape index (κ3) is 3.51. The second-order valence-corrected chi connectivity index (χ2v) is 5.10. The van der Waals surface area contributed by atoms with E-state index >= 15 is 0 Å². The number of carbonyl (C=O) groups is 1. The number of ether oxygens (including phenoxy) is 2. The molecule has 1 aliphatic rings. The molecule has 4 nitrogen and oxygen atoms in total. The maximum absolute atomic E-state index is 12.0. The van der Waals surface area contributed by atoms with Crippen LogP contribution in [-0.4, -0.2) is 19.2 Å². The Morgan fingerprint density at radius 2 is 2.10 bits per heavy atom. The third-order valence-corrected chi connectivity index (χ3v) is 3.74. The highest BCUT2D eigenvalue weighted by molar-refractivity contribution is 5.75. The molecule has 1 aliphatic carbocycles. The van der Waals surface area contributed by atoms with Crippen LogP contribution in [0.5, 0.6) is 5.75 Å². The smallest absolute Gasteiger partial charge is 0.347 e. The molecular weight excluding hydrogens is 254 g/mol. The summed E-state index contributed by atoms with van der Waals surface area (Å²) in [6.07, 6.45) is 4.86. The standard InChI is InChI=1S/C16H19NO3/c1-19-16(18)15(13-7-3-2-4-8-13)20-14-9-5-6-12(10-14)11-17/h5-6,9-10,13,15H,2-4,7-8H2,1H3. The summed E-state index contributed by atoms with van der Waals surface area (Å²) in [4.78, 5) is 12.0. The van der Waals surface area contributed by atoms with E-state index in [0.29, 0.717) is 11.3 Å². The summed E-state index contributed by atoms with van der Waals surface area (Å²) in [5.41, 5.74) is 0.523. The summed E-state index contributed by atoms with van der Waals surface area (Å²) in [6.45, 7) is 0. The van der Waals surface area contributed by atoms with Crippen molar-refractivity contribution >= 4 is 5.97 Å². The van der Waals surface area contributed by atoms with E-state index in [1.54, 1.807) is 24.3 Å². The largest absolute Gasteiger partial charge is 0.478 e. The van der Waals surface area contributed by atoms with Crippen LogP contribution in [0.1, 0.15) is 37.7 Å². The fraction of sp³-hybridized carbons (Fsp3) is 0.500. The number of carbonyl (C=O) groups excluding carboxylic acids is 1. The van der Waals surface area contributed by atoms with Crippen molar-refractivity contribution in [2.24, 2.45) is 5.92 Å². The Morgan fingerprint density at radius 1 is 1.35 bits per heavy atom. The van der Waals surface area contributed by atoms with Gasteiger partial charge in [0.15, 0.2) is 6.10 Å². The molecule has 0 bridgehead atoms. The van der Waals surface area contributed by atoms with E-state index < -0.39 is 6.10 Å². The maximum atomic E-state index is 12.0. The molecule has 0 aromatic heterocycles. The second-order valence-electron chi connectivity index (χ2n) is 5.10. The lowest BCUT2D eigenvalue weighted by atomic mass is 9.85. The predicted molar refractivity (Wildman–Crippen MR) is 74.2 cm³/mol. The normalized spacial score (nSPS) is 17.0. The van der Waals surface area contributed by atoms with Gasteiger partial charge in [0.25, 0.3) is 0 Å². The number of benzene rings is 1. The summed E-state index contributed by atoms with van der Waals surface area (Å²) in [6, 6.07) is 8.94. The molecule has 1 aromatic carbocycles. The minimum atomic E-state index is -0.575. The first-order valence-electron chi connectivity index (χ1n) is 6.99. The molecule has 0 heterocycles. The van der Waals surface area contributed by atoms with E-state index in [2.05, 4.69) is 6.07 Å². The Kier molecular flexibility index (Phi) is 5.00. The van der Waals surface area contributed by atoms with Crippen LogP contribution in [0.3, 0.4) is 0 Å². The zero-order chi connectivity index (χ0) is 14.4. The van der Waals surface area contributed by atoms with Crippen LogP contribution in [0.2, 0.25) is 0 Å². The molecule has 1 atom stereocenters. The first-order valence-corrected chi connectivity index (χ1v) is 6.99. The van der Waals surface area contributed by atoms with Crippen LogP contribution >= 0.6 is 0 Å². The van der Waals surface area contributed by atoms with Gasteiger partial charge in [0.2, 0.25) is 0 Å². The highest BCUT2D eigenvalue weighted by Crippen LogP contribution is 2.29. The lowest BCUT2D eigenvalue weighted by molar-refractivity contribution is -0.152. The molecule has 20 heavy (non-hydrogen) atoms. The number of nitrogens with zero attached hydrogens (tertiary/aromatic N) is 1. The van der Waals surface area contributed by atoms with Gasteiger partial charge in [-0.3, -0.25) is 0 Å². The SMILES string of the molecule is COC(=O)C(Oc1cccc(C#N)c1)C1CCCCC1. The molecule has 0 N–H and O–H groups in total. The molecule has 1 saturated carbocycles. The number of esters is 1. The van der Waals surface area contributed by atoms with Gasteiger partial charge in [-0.15, -0.1) is 0 Å². The first kappa shape index (κ1) is 14.4. The molecule has 0 spiro atoms. The zero-order valence-corrected chi connectivity index (χ0v) is 11.7. The van der Waals surface area contributed by atoms with E-state index in [0.717, 1.165) is 25.7 Å². The molecule has 1 unspecified atom stereocenters. The van der Waals surface area contributed by atoms with Gasteiger partial charge < -0.3 is 9.47 Å². The van der Waals surface area contributed by atoms with Gasteiger partial charge in [-0.05, 0) is 31.0 Å². The van der Waals surface area contributed by atoms with Crippen molar-refractivity contribution in [2.75, 3.05) is 7.11 Å². The predicted octanol–water partition coefficient (Wildman–Crippen LogP) is 3.06. The highest BCUT2D eigenvalue weighted by Gasteiger charge is 2.32. The quantitative estimate of drug-likeness (QED) is 0.791. The molecule has 106 valence electrons. The van der Waals surface area contributed by atoms with Gasteiger partial charge in [-0.1, -0.05) is 25.3 Å². The lowest BCUT2D eigenvalue weighted by Crippen LogP contribution is -2.37. The molecule has 0 radical (unpaired) electrons. The van der Waals surface area contributed by atoms with Gasteiger partial charge in [0.1, 0.15) is 5.75 Å². The van der Waals surface area contributed by atoms with Gasteiger partial charge in [0.05, 0.1) is 18.7 Å². The van der Waals surface area contributed by atoms with E-state index in [9.17, 15) is 4.79 Å². The number of hydrogen-bond acceptors (Lipinski definition) is 4. The first-order chi connectivity index (χ1) is 9.74. The lowest BCUT2D eigenvalue weighted by Gasteiger charge is -2.28. The molecule has 1 aromatic rings. The van der Waals surface area contributed by atoms with Crippen molar-refractivity contribution in [2.45, 2.75) is 38.2 Å². The average Bonchev–Trinajstić information content (AvgIpc) is 2.53. The number of nitriles is 1. The molecule has 2 rings (SSSR count). The number of methoxy groups -OCH3 is 1. The summed E-state index contributed by atoms with van der Waals surface area (Å²) in [5, 5.41) is 8.90. The molecule has 1 fully saturated rings. The van der Waals surface area contributed by atoms with Crippen LogP contribution in [0, 0.1) is 17.2 Å². The average molecular weight is 273 g/mol. The van der Waals surface area contributed by atoms with E-state index in [1.165, 1.54) is 13.5 Å². The van der Waals surface area contributed by atoms with Crippen LogP contribution in [0.4, 0.5) is 0 Å². The monoisotopic (exact) mass is 273 g/mol. The van der Waals surface area contributed by atoms with Crippen molar-refractivity contribution in [3.8, 4) is 11.8 Å². The minimum absolute atomic E-state index is 0.196. The molecule has 0 aliphatic heterocycles. The Hall–Kier alpha value is -2.02. The van der Waals surface area contributed by atoms with Crippen molar-refractivity contribution in [3.05, 3.63) is 29.8 Å². The van der Waals surface area contributed by atoms with Crippen LogP contribution in [0.25, 0.3) is 0 Å². The molecule has 0 amide bonds. The fourth-order valence-electron chi connectivity index (χ4n) is 2.68. The fourth-order valence-corrected chi connectivity index (χ4v) is 2.68. The van der Waals surface area contributed by atoms with E-state index in [4.69, 9.17) is 14.7 Å². The van der Waals surface area contributed by atoms with Crippen molar-refractivity contribution < 1.29 is 14.3 Å². The summed E-state index contributed by atoms with van der Waals surface area (Å²) >= 11 is 0. The topological polar surface area (TPSA) is 59.3 Å². The van der Waals surface area contributed by atoms with E-state index in [-0.39, 0.29) is 11.9 Å². The Bertz CT molecular complexity index is 501. The number of hydrogen-bond donors (Lipinski definition) is 0. The minimum Gasteiger partial charge on any atom is -0.478 e. The maximum Gasteiger partial charge on any atom is 0.347 e. The van der Waals surface area contributed by atoms with Crippen molar-refractivity contribution in [3.63, 3.8) is 0 Å². The molecular formula is C16H19NO3. The molecule has 4 heteroatoms. The number of rotatable bonds is 4. The van der Waals surface area contributed by atoms with Crippen LogP contribution in [0.15, 0.2) is 24.3 Å². The van der Waals surface area contributed by atoms with Crippen LogP contribution < -0.4 is 4.74 Å². The van der Waals surface area contributed by atoms with E-state index in [1.807, 2.05) is 0 Å². The second kappa shape index (κ2) is 6.95. The zero-order valence-electron chi connectivity index (χ0n) is 11.7. The van der Waals surface area contributed by atoms with Gasteiger partial charge >= 0.3 is 5.97 Å². The van der Waals surface area contributed by atoms with Gasteiger partial charge in [0, 0.05) is 5.92 Å². The molecule has 0 saturated heterocycles. The van der Waals surface area contributed by atoms with Gasteiger partial charge in [-0.2, -0.15) is 5.26 Å².